The van der Waals surface area contributed by atoms with Crippen molar-refractivity contribution in [2.24, 2.45) is 0 Å². The second-order valence-electron chi connectivity index (χ2n) is 4.73. The second kappa shape index (κ2) is 5.95. The van der Waals surface area contributed by atoms with Crippen LogP contribution in [0.3, 0.4) is 0 Å². The molecule has 0 fully saturated rings. The summed E-state index contributed by atoms with van der Waals surface area (Å²) in [5.41, 5.74) is 0.672. The summed E-state index contributed by atoms with van der Waals surface area (Å²) in [6.07, 6.45) is 1.80. The molecule has 3 nitrogen and oxygen atoms in total. The van der Waals surface area contributed by atoms with Crippen molar-refractivity contribution in [3.63, 3.8) is 0 Å². The molecule has 0 aliphatic carbocycles. The van der Waals surface area contributed by atoms with E-state index in [1.54, 1.807) is 17.5 Å². The molecule has 0 bridgehead atoms. The van der Waals surface area contributed by atoms with Crippen LogP contribution in [0.15, 0.2) is 47.1 Å². The van der Waals surface area contributed by atoms with Crippen LogP contribution in [0.2, 0.25) is 0 Å². The Morgan fingerprint density at radius 3 is 2.76 bits per heavy atom. The molecule has 3 aromatic rings. The maximum atomic E-state index is 12.2. The predicted molar refractivity (Wildman–Crippen MR) is 89.7 cm³/mol. The van der Waals surface area contributed by atoms with E-state index in [0.29, 0.717) is 12.1 Å². The number of halogens is 1. The highest BCUT2D eigenvalue weighted by Crippen LogP contribution is 2.21. The number of nitrogens with one attached hydrogen (secondary N) is 1. The predicted octanol–water partition coefficient (Wildman–Crippen LogP) is 4.30. The number of benzene rings is 2. The lowest BCUT2D eigenvalue weighted by Crippen LogP contribution is -2.22. The Kier molecular flexibility index (Phi) is 4.03. The summed E-state index contributed by atoms with van der Waals surface area (Å²) in [5, 5.41) is 6.10. The molecule has 0 aliphatic rings. The van der Waals surface area contributed by atoms with Gasteiger partial charge < -0.3 is 5.32 Å². The molecule has 1 aromatic heterocycles. The zero-order valence-electron chi connectivity index (χ0n) is 11.4. The van der Waals surface area contributed by atoms with Gasteiger partial charge in [0, 0.05) is 21.1 Å². The van der Waals surface area contributed by atoms with Gasteiger partial charge in [-0.1, -0.05) is 28.1 Å². The molecule has 21 heavy (non-hydrogen) atoms. The lowest BCUT2D eigenvalue weighted by molar-refractivity contribution is 0.0951. The summed E-state index contributed by atoms with van der Waals surface area (Å²) in [6.45, 7) is 2.47. The number of fused-ring (bicyclic) bond motifs is 1. The Balaban J connectivity index is 1.76. The third-order valence-electron chi connectivity index (χ3n) is 3.16. The molecule has 0 saturated carbocycles. The Bertz CT molecular complexity index is 813. The van der Waals surface area contributed by atoms with Gasteiger partial charge in [0.15, 0.2) is 0 Å². The van der Waals surface area contributed by atoms with E-state index in [1.165, 1.54) is 0 Å². The van der Waals surface area contributed by atoms with Crippen molar-refractivity contribution in [2.75, 3.05) is 0 Å². The van der Waals surface area contributed by atoms with Gasteiger partial charge in [-0.3, -0.25) is 4.79 Å². The second-order valence-corrected chi connectivity index (χ2v) is 6.97. The molecule has 0 unspecified atom stereocenters. The van der Waals surface area contributed by atoms with Crippen LogP contribution in [-0.2, 0) is 6.54 Å². The first-order valence-corrected chi connectivity index (χ1v) is 8.11. The van der Waals surface area contributed by atoms with Gasteiger partial charge in [0.1, 0.15) is 0 Å². The molecule has 0 atom stereocenters. The van der Waals surface area contributed by atoms with Gasteiger partial charge in [-0.2, -0.15) is 0 Å². The molecule has 2 aromatic carbocycles. The largest absolute Gasteiger partial charge is 0.347 e. The molecule has 0 spiro atoms. The lowest BCUT2D eigenvalue weighted by atomic mass is 10.1. The summed E-state index contributed by atoms with van der Waals surface area (Å²) in [6, 6.07) is 11.7. The number of aryl methyl sites for hydroxylation is 1. The first kappa shape index (κ1) is 14.2. The summed E-state index contributed by atoms with van der Waals surface area (Å²) in [5.74, 6) is -0.0640. The summed E-state index contributed by atoms with van der Waals surface area (Å²) in [7, 11) is 0. The van der Waals surface area contributed by atoms with E-state index in [0.717, 1.165) is 25.1 Å². The molecule has 1 N–H and O–H groups in total. The molecule has 0 radical (unpaired) electrons. The average Bonchev–Trinajstić information content (AvgIpc) is 2.90. The van der Waals surface area contributed by atoms with Crippen LogP contribution in [0.1, 0.15) is 20.2 Å². The van der Waals surface area contributed by atoms with Gasteiger partial charge in [-0.25, -0.2) is 4.98 Å². The fourth-order valence-corrected chi connectivity index (χ4v) is 3.23. The molecular formula is C16H13BrN2OS. The Hall–Kier alpha value is -1.72. The number of thiazole rings is 1. The fourth-order valence-electron chi connectivity index (χ4n) is 2.11. The molecule has 1 amide bonds. The number of nitrogens with zero attached hydrogens (tertiary/aromatic N) is 1. The van der Waals surface area contributed by atoms with Gasteiger partial charge in [0.05, 0.1) is 11.6 Å². The minimum Gasteiger partial charge on any atom is -0.347 e. The van der Waals surface area contributed by atoms with E-state index >= 15 is 0 Å². The normalized spacial score (nSPS) is 10.8. The third kappa shape index (κ3) is 3.31. The molecule has 3 rings (SSSR count). The standard InChI is InChI=1S/C16H13BrN2OS/c1-10-18-8-15(21-10)9-19-16(20)13-3-2-12-7-14(17)5-4-11(12)6-13/h2-8H,9H2,1H3,(H,19,20). The molecule has 106 valence electrons. The van der Waals surface area contributed by atoms with E-state index < -0.39 is 0 Å². The van der Waals surface area contributed by atoms with E-state index in [2.05, 4.69) is 26.2 Å². The van der Waals surface area contributed by atoms with Crippen molar-refractivity contribution in [2.45, 2.75) is 13.5 Å². The van der Waals surface area contributed by atoms with Gasteiger partial charge in [-0.05, 0) is 42.0 Å². The van der Waals surface area contributed by atoms with E-state index in [-0.39, 0.29) is 5.91 Å². The van der Waals surface area contributed by atoms with Crippen molar-refractivity contribution in [1.82, 2.24) is 10.3 Å². The van der Waals surface area contributed by atoms with E-state index in [4.69, 9.17) is 0 Å². The number of hydrogen-bond donors (Lipinski definition) is 1. The monoisotopic (exact) mass is 360 g/mol. The topological polar surface area (TPSA) is 42.0 Å². The number of rotatable bonds is 3. The van der Waals surface area contributed by atoms with Crippen molar-refractivity contribution >= 4 is 43.9 Å². The highest BCUT2D eigenvalue weighted by atomic mass is 79.9. The van der Waals surface area contributed by atoms with Gasteiger partial charge in [-0.15, -0.1) is 11.3 Å². The first-order valence-electron chi connectivity index (χ1n) is 6.51. The summed E-state index contributed by atoms with van der Waals surface area (Å²) in [4.78, 5) is 17.4. The molecule has 0 aliphatic heterocycles. The number of hydrogen-bond acceptors (Lipinski definition) is 3. The van der Waals surface area contributed by atoms with Crippen LogP contribution in [0.25, 0.3) is 10.8 Å². The van der Waals surface area contributed by atoms with E-state index in [9.17, 15) is 4.79 Å². The van der Waals surface area contributed by atoms with Crippen LogP contribution in [0.5, 0.6) is 0 Å². The quantitative estimate of drug-likeness (QED) is 0.756. The summed E-state index contributed by atoms with van der Waals surface area (Å²) >= 11 is 5.05. The highest BCUT2D eigenvalue weighted by Gasteiger charge is 2.07. The minimum absolute atomic E-state index is 0.0640. The van der Waals surface area contributed by atoms with Crippen LogP contribution < -0.4 is 5.32 Å². The molecular weight excluding hydrogens is 348 g/mol. The van der Waals surface area contributed by atoms with Crippen molar-refractivity contribution in [1.29, 1.82) is 0 Å². The van der Waals surface area contributed by atoms with Crippen molar-refractivity contribution in [3.8, 4) is 0 Å². The highest BCUT2D eigenvalue weighted by molar-refractivity contribution is 9.10. The Morgan fingerprint density at radius 2 is 2.00 bits per heavy atom. The smallest absolute Gasteiger partial charge is 0.251 e. The lowest BCUT2D eigenvalue weighted by Gasteiger charge is -2.05. The fraction of sp³-hybridized carbons (Fsp3) is 0.125. The average molecular weight is 361 g/mol. The van der Waals surface area contributed by atoms with Crippen LogP contribution >= 0.6 is 27.3 Å². The zero-order chi connectivity index (χ0) is 14.8. The van der Waals surface area contributed by atoms with Gasteiger partial charge in [0.2, 0.25) is 0 Å². The molecule has 5 heteroatoms. The third-order valence-corrected chi connectivity index (χ3v) is 4.56. The summed E-state index contributed by atoms with van der Waals surface area (Å²) < 4.78 is 1.03. The molecule has 0 saturated heterocycles. The maximum Gasteiger partial charge on any atom is 0.251 e. The van der Waals surface area contributed by atoms with Gasteiger partial charge in [0.25, 0.3) is 5.91 Å². The van der Waals surface area contributed by atoms with Crippen LogP contribution in [0, 0.1) is 6.92 Å². The number of carbonyl (C=O) groups is 1. The Morgan fingerprint density at radius 1 is 1.24 bits per heavy atom. The van der Waals surface area contributed by atoms with Crippen molar-refractivity contribution < 1.29 is 4.79 Å². The zero-order valence-corrected chi connectivity index (χ0v) is 13.8. The van der Waals surface area contributed by atoms with E-state index in [1.807, 2.05) is 43.3 Å². The van der Waals surface area contributed by atoms with Gasteiger partial charge >= 0.3 is 0 Å². The number of amides is 1. The number of carbonyl (C=O) groups excluding carboxylic acids is 1. The maximum absolute atomic E-state index is 12.2. The van der Waals surface area contributed by atoms with Crippen molar-refractivity contribution in [3.05, 3.63) is 62.5 Å². The SMILES string of the molecule is Cc1ncc(CNC(=O)c2ccc3cc(Br)ccc3c2)s1. The molecule has 1 heterocycles. The van der Waals surface area contributed by atoms with Crippen LogP contribution in [-0.4, -0.2) is 10.9 Å². The minimum atomic E-state index is -0.0640. The number of aromatic nitrogens is 1. The Labute approximate surface area is 135 Å². The first-order chi connectivity index (χ1) is 10.1. The van der Waals surface area contributed by atoms with Crippen LogP contribution in [0.4, 0.5) is 0 Å².